The molecule has 1 rings (SSSR count). The first kappa shape index (κ1) is 11.1. The van der Waals surface area contributed by atoms with Gasteiger partial charge in [0.15, 0.2) is 0 Å². The summed E-state index contributed by atoms with van der Waals surface area (Å²) in [6.45, 7) is 0.765. The highest BCUT2D eigenvalue weighted by Gasteiger charge is 2.35. The Balaban J connectivity index is 2.63. The second kappa shape index (κ2) is 4.53. The quantitative estimate of drug-likeness (QED) is 0.423. The molecule has 0 radical (unpaired) electrons. The first-order valence-corrected chi connectivity index (χ1v) is 4.53. The van der Waals surface area contributed by atoms with Gasteiger partial charge in [-0.2, -0.15) is 5.26 Å². The summed E-state index contributed by atoms with van der Waals surface area (Å²) < 4.78 is 0. The van der Waals surface area contributed by atoms with E-state index in [1.165, 1.54) is 4.90 Å². The predicted octanol–water partition coefficient (Wildman–Crippen LogP) is 1.58. The van der Waals surface area contributed by atoms with Gasteiger partial charge in [-0.15, -0.1) is 0 Å². The highest BCUT2D eigenvalue weighted by molar-refractivity contribution is 5.65. The third-order valence-corrected chi connectivity index (χ3v) is 2.66. The highest BCUT2D eigenvalue weighted by atomic mass is 16.4. The van der Waals surface area contributed by atoms with Crippen LogP contribution in [0.15, 0.2) is 5.11 Å². The van der Waals surface area contributed by atoms with Crippen molar-refractivity contribution in [3.05, 3.63) is 10.4 Å². The van der Waals surface area contributed by atoms with E-state index in [0.29, 0.717) is 25.9 Å². The second-order valence-electron chi connectivity index (χ2n) is 3.55. The average Bonchev–Trinajstić information content (AvgIpc) is 2.27. The van der Waals surface area contributed by atoms with Crippen molar-refractivity contribution in [2.75, 3.05) is 19.6 Å². The zero-order valence-electron chi connectivity index (χ0n) is 8.13. The summed E-state index contributed by atoms with van der Waals surface area (Å²) in [4.78, 5) is 14.5. The fourth-order valence-electron chi connectivity index (χ4n) is 1.60. The van der Waals surface area contributed by atoms with Crippen molar-refractivity contribution in [3.8, 4) is 6.07 Å². The lowest BCUT2D eigenvalue weighted by molar-refractivity contribution is 0.112. The van der Waals surface area contributed by atoms with Gasteiger partial charge in [-0.3, -0.25) is 0 Å². The molecule has 1 aliphatic rings. The Labute approximate surface area is 86.5 Å². The lowest BCUT2D eigenvalue weighted by Crippen LogP contribution is -2.43. The topological polar surface area (TPSA) is 113 Å². The number of azide groups is 1. The van der Waals surface area contributed by atoms with Crippen molar-refractivity contribution in [1.29, 1.82) is 5.26 Å². The molecule has 1 amide bonds. The Morgan fingerprint density at radius 1 is 1.67 bits per heavy atom. The van der Waals surface area contributed by atoms with E-state index in [9.17, 15) is 4.79 Å². The fraction of sp³-hybridized carbons (Fsp3) is 0.750. The van der Waals surface area contributed by atoms with Crippen LogP contribution in [0, 0.1) is 16.7 Å². The molecule has 0 unspecified atom stereocenters. The summed E-state index contributed by atoms with van der Waals surface area (Å²) in [5.74, 6) is 0. The minimum Gasteiger partial charge on any atom is -0.465 e. The van der Waals surface area contributed by atoms with Gasteiger partial charge in [-0.05, 0) is 18.4 Å². The molecule has 0 saturated carbocycles. The number of nitriles is 1. The van der Waals surface area contributed by atoms with Gasteiger partial charge in [-0.1, -0.05) is 5.11 Å². The maximum absolute atomic E-state index is 10.6. The van der Waals surface area contributed by atoms with Gasteiger partial charge in [0, 0.05) is 24.5 Å². The van der Waals surface area contributed by atoms with Gasteiger partial charge in [0.2, 0.25) is 0 Å². The number of hydrogen-bond acceptors (Lipinski definition) is 3. The molecule has 1 N–H and O–H groups in total. The van der Waals surface area contributed by atoms with Crippen LogP contribution in [-0.4, -0.2) is 35.7 Å². The number of carboxylic acid groups (broad SMARTS) is 1. The number of carbonyl (C=O) groups is 1. The molecular weight excluding hydrogens is 198 g/mol. The van der Waals surface area contributed by atoms with Crippen molar-refractivity contribution in [3.63, 3.8) is 0 Å². The second-order valence-corrected chi connectivity index (χ2v) is 3.55. The Hall–Kier alpha value is -1.93. The van der Waals surface area contributed by atoms with E-state index in [0.717, 1.165) is 0 Å². The van der Waals surface area contributed by atoms with Crippen LogP contribution in [0.25, 0.3) is 10.4 Å². The third-order valence-electron chi connectivity index (χ3n) is 2.66. The molecule has 15 heavy (non-hydrogen) atoms. The molecule has 1 saturated heterocycles. The van der Waals surface area contributed by atoms with Gasteiger partial charge in [0.05, 0.1) is 11.5 Å². The van der Waals surface area contributed by atoms with E-state index < -0.39 is 11.5 Å². The molecule has 7 heteroatoms. The van der Waals surface area contributed by atoms with E-state index >= 15 is 0 Å². The monoisotopic (exact) mass is 209 g/mol. The van der Waals surface area contributed by atoms with Crippen LogP contribution in [0.1, 0.15) is 12.8 Å². The van der Waals surface area contributed by atoms with Crippen molar-refractivity contribution in [2.45, 2.75) is 12.8 Å². The molecule has 0 aromatic rings. The molecule has 0 bridgehead atoms. The predicted molar refractivity (Wildman–Crippen MR) is 50.9 cm³/mol. The van der Waals surface area contributed by atoms with Crippen molar-refractivity contribution in [1.82, 2.24) is 4.90 Å². The SMILES string of the molecule is N#CC1(CN=[N+]=[N-])CCN(C(=O)O)CC1. The summed E-state index contributed by atoms with van der Waals surface area (Å²) in [6.07, 6.45) is -0.116. The highest BCUT2D eigenvalue weighted by Crippen LogP contribution is 2.31. The molecule has 0 atom stereocenters. The fourth-order valence-corrected chi connectivity index (χ4v) is 1.60. The molecule has 0 aromatic carbocycles. The van der Waals surface area contributed by atoms with Crippen LogP contribution < -0.4 is 0 Å². The molecule has 1 heterocycles. The number of hydrogen-bond donors (Lipinski definition) is 1. The minimum absolute atomic E-state index is 0.119. The van der Waals surface area contributed by atoms with E-state index in [4.69, 9.17) is 15.9 Å². The number of amides is 1. The number of nitrogens with zero attached hydrogens (tertiary/aromatic N) is 5. The van der Waals surface area contributed by atoms with Crippen molar-refractivity contribution < 1.29 is 9.90 Å². The van der Waals surface area contributed by atoms with E-state index in [1.54, 1.807) is 0 Å². The van der Waals surface area contributed by atoms with Gasteiger partial charge >= 0.3 is 6.09 Å². The van der Waals surface area contributed by atoms with Crippen molar-refractivity contribution >= 4 is 6.09 Å². The summed E-state index contributed by atoms with van der Waals surface area (Å²) in [5, 5.41) is 21.1. The standard InChI is InChI=1S/C8H11N5O2/c9-5-8(6-11-12-10)1-3-13(4-2-8)7(14)15/h1-4,6H2,(H,14,15). The first-order chi connectivity index (χ1) is 7.13. The van der Waals surface area contributed by atoms with Gasteiger partial charge in [-0.25, -0.2) is 4.79 Å². The maximum Gasteiger partial charge on any atom is 0.407 e. The zero-order chi connectivity index (χ0) is 11.3. The zero-order valence-corrected chi connectivity index (χ0v) is 8.13. The van der Waals surface area contributed by atoms with E-state index in [-0.39, 0.29) is 6.54 Å². The van der Waals surface area contributed by atoms with Crippen molar-refractivity contribution in [2.24, 2.45) is 10.5 Å². The normalized spacial score (nSPS) is 18.7. The largest absolute Gasteiger partial charge is 0.465 e. The summed E-state index contributed by atoms with van der Waals surface area (Å²) in [7, 11) is 0. The number of rotatable bonds is 2. The van der Waals surface area contributed by atoms with Crippen LogP contribution in [-0.2, 0) is 0 Å². The van der Waals surface area contributed by atoms with Crippen LogP contribution in [0.5, 0.6) is 0 Å². The third kappa shape index (κ3) is 2.51. The summed E-state index contributed by atoms with van der Waals surface area (Å²) in [5.41, 5.74) is 7.51. The van der Waals surface area contributed by atoms with Crippen LogP contribution in [0.4, 0.5) is 4.79 Å². The van der Waals surface area contributed by atoms with Crippen LogP contribution in [0.2, 0.25) is 0 Å². The average molecular weight is 209 g/mol. The Morgan fingerprint density at radius 2 is 2.27 bits per heavy atom. The smallest absolute Gasteiger partial charge is 0.407 e. The summed E-state index contributed by atoms with van der Waals surface area (Å²) >= 11 is 0. The molecule has 0 aliphatic carbocycles. The molecule has 0 aromatic heterocycles. The molecular formula is C8H11N5O2. The van der Waals surface area contributed by atoms with Crippen LogP contribution >= 0.6 is 0 Å². The Kier molecular flexibility index (Phi) is 3.37. The summed E-state index contributed by atoms with van der Waals surface area (Å²) in [6, 6.07) is 2.13. The molecule has 7 nitrogen and oxygen atoms in total. The number of piperidine rings is 1. The molecule has 80 valence electrons. The van der Waals surface area contributed by atoms with E-state index in [1.807, 2.05) is 0 Å². The number of likely N-dealkylation sites (tertiary alicyclic amines) is 1. The molecule has 1 fully saturated rings. The lowest BCUT2D eigenvalue weighted by atomic mass is 9.80. The Bertz CT molecular complexity index is 333. The van der Waals surface area contributed by atoms with Crippen LogP contribution in [0.3, 0.4) is 0 Å². The molecule has 1 aliphatic heterocycles. The minimum atomic E-state index is -0.967. The lowest BCUT2D eigenvalue weighted by Gasteiger charge is -2.34. The van der Waals surface area contributed by atoms with Gasteiger partial charge < -0.3 is 10.0 Å². The van der Waals surface area contributed by atoms with Gasteiger partial charge in [0.1, 0.15) is 0 Å². The Morgan fingerprint density at radius 3 is 2.67 bits per heavy atom. The molecule has 0 spiro atoms. The van der Waals surface area contributed by atoms with E-state index in [2.05, 4.69) is 16.1 Å². The van der Waals surface area contributed by atoms with Gasteiger partial charge in [0.25, 0.3) is 0 Å². The maximum atomic E-state index is 10.6. The first-order valence-electron chi connectivity index (χ1n) is 4.53.